The molecule has 2 aromatic heterocycles. The van der Waals surface area contributed by atoms with Crippen molar-refractivity contribution >= 4 is 28.3 Å². The molecule has 2 amide bonds. The number of rotatable bonds is 3. The zero-order chi connectivity index (χ0) is 16.6. The monoisotopic (exact) mass is 312 g/mol. The molecule has 0 aliphatic heterocycles. The molecular formula is C16H20N6O. The summed E-state index contributed by atoms with van der Waals surface area (Å²) in [5.41, 5.74) is 4.00. The number of nitrogens with one attached hydrogen (secondary N) is 3. The molecule has 7 heteroatoms. The number of carbonyl (C=O) groups excluding carboxylic acids is 1. The van der Waals surface area contributed by atoms with E-state index in [4.69, 9.17) is 0 Å². The van der Waals surface area contributed by atoms with Gasteiger partial charge in [-0.3, -0.25) is 9.78 Å². The van der Waals surface area contributed by atoms with E-state index in [0.717, 1.165) is 28.0 Å². The fourth-order valence-corrected chi connectivity index (χ4v) is 2.54. The van der Waals surface area contributed by atoms with Gasteiger partial charge in [-0.2, -0.15) is 10.2 Å². The first-order valence-electron chi connectivity index (χ1n) is 7.52. The summed E-state index contributed by atoms with van der Waals surface area (Å²) >= 11 is 0. The van der Waals surface area contributed by atoms with Gasteiger partial charge in [0.2, 0.25) is 0 Å². The van der Waals surface area contributed by atoms with Gasteiger partial charge in [-0.15, -0.1) is 0 Å². The first kappa shape index (κ1) is 15.1. The van der Waals surface area contributed by atoms with E-state index in [-0.39, 0.29) is 12.1 Å². The summed E-state index contributed by atoms with van der Waals surface area (Å²) in [4.78, 5) is 12.2. The van der Waals surface area contributed by atoms with Crippen LogP contribution in [0.25, 0.3) is 10.9 Å². The number of fused-ring (bicyclic) bond motifs is 1. The lowest BCUT2D eigenvalue weighted by molar-refractivity contribution is 0.262. The molecule has 0 spiro atoms. The number of aromatic nitrogens is 4. The van der Waals surface area contributed by atoms with E-state index in [1.54, 1.807) is 0 Å². The van der Waals surface area contributed by atoms with Crippen molar-refractivity contribution < 1.29 is 4.79 Å². The van der Waals surface area contributed by atoms with Crippen LogP contribution in [0.15, 0.2) is 24.4 Å². The van der Waals surface area contributed by atoms with Crippen LogP contribution in [0.3, 0.4) is 0 Å². The van der Waals surface area contributed by atoms with Crippen LogP contribution in [0.1, 0.15) is 31.3 Å². The third-order valence-corrected chi connectivity index (χ3v) is 3.71. The molecule has 0 radical (unpaired) electrons. The van der Waals surface area contributed by atoms with Crippen molar-refractivity contribution in [2.45, 2.75) is 33.7 Å². The second-order valence-corrected chi connectivity index (χ2v) is 5.84. The van der Waals surface area contributed by atoms with Crippen molar-refractivity contribution in [3.63, 3.8) is 0 Å². The van der Waals surface area contributed by atoms with Crippen molar-refractivity contribution in [2.75, 3.05) is 10.6 Å². The molecule has 0 atom stereocenters. The second kappa shape index (κ2) is 5.75. The van der Waals surface area contributed by atoms with E-state index in [2.05, 4.69) is 39.8 Å². The molecule has 7 nitrogen and oxygen atoms in total. The Kier molecular flexibility index (Phi) is 3.77. The lowest BCUT2D eigenvalue weighted by Crippen LogP contribution is -2.20. The van der Waals surface area contributed by atoms with E-state index in [1.807, 2.05) is 42.9 Å². The molecule has 23 heavy (non-hydrogen) atoms. The van der Waals surface area contributed by atoms with Crippen LogP contribution in [0.5, 0.6) is 0 Å². The quantitative estimate of drug-likeness (QED) is 0.690. The number of hydrogen-bond acceptors (Lipinski definition) is 3. The predicted molar refractivity (Wildman–Crippen MR) is 90.8 cm³/mol. The topological polar surface area (TPSA) is 87.6 Å². The molecule has 0 fully saturated rings. The second-order valence-electron chi connectivity index (χ2n) is 5.84. The fraction of sp³-hybridized carbons (Fsp3) is 0.312. The van der Waals surface area contributed by atoms with Crippen LogP contribution in [-0.2, 0) is 0 Å². The number of urea groups is 1. The first-order valence-corrected chi connectivity index (χ1v) is 7.52. The van der Waals surface area contributed by atoms with Gasteiger partial charge in [0.05, 0.1) is 28.8 Å². The Hall–Kier alpha value is -2.83. The van der Waals surface area contributed by atoms with Crippen LogP contribution < -0.4 is 10.6 Å². The van der Waals surface area contributed by atoms with Crippen LogP contribution in [0, 0.1) is 13.8 Å². The molecule has 0 saturated carbocycles. The average molecular weight is 312 g/mol. The fourth-order valence-electron chi connectivity index (χ4n) is 2.54. The predicted octanol–water partition coefficient (Wildman–Crippen LogP) is 3.60. The van der Waals surface area contributed by atoms with Crippen molar-refractivity contribution in [2.24, 2.45) is 0 Å². The van der Waals surface area contributed by atoms with Crippen LogP contribution in [-0.4, -0.2) is 26.0 Å². The summed E-state index contributed by atoms with van der Waals surface area (Å²) in [6.07, 6.45) is 1.83. The molecule has 0 aliphatic rings. The van der Waals surface area contributed by atoms with E-state index < -0.39 is 0 Å². The molecule has 0 unspecified atom stereocenters. The molecule has 120 valence electrons. The molecule has 1 aromatic carbocycles. The third-order valence-electron chi connectivity index (χ3n) is 3.71. The smallest absolute Gasteiger partial charge is 0.308 e. The molecule has 2 heterocycles. The maximum absolute atomic E-state index is 12.2. The number of carbonyl (C=O) groups is 1. The number of aromatic amines is 1. The van der Waals surface area contributed by atoms with Gasteiger partial charge in [0.25, 0.3) is 0 Å². The Morgan fingerprint density at radius 2 is 2.04 bits per heavy atom. The van der Waals surface area contributed by atoms with Gasteiger partial charge in [-0.05, 0) is 45.9 Å². The Morgan fingerprint density at radius 1 is 1.26 bits per heavy atom. The van der Waals surface area contributed by atoms with Gasteiger partial charge in [0.1, 0.15) is 0 Å². The third kappa shape index (κ3) is 2.90. The molecule has 0 saturated heterocycles. The van der Waals surface area contributed by atoms with Gasteiger partial charge in [-0.1, -0.05) is 0 Å². The molecule has 3 N–H and O–H groups in total. The highest BCUT2D eigenvalue weighted by Gasteiger charge is 2.11. The molecule has 0 aliphatic carbocycles. The highest BCUT2D eigenvalue weighted by Crippen LogP contribution is 2.22. The zero-order valence-electron chi connectivity index (χ0n) is 13.6. The lowest BCUT2D eigenvalue weighted by Gasteiger charge is -2.10. The molecule has 0 bridgehead atoms. The van der Waals surface area contributed by atoms with Crippen LogP contribution in [0.2, 0.25) is 0 Å². The molecule has 3 aromatic rings. The number of amides is 2. The van der Waals surface area contributed by atoms with Crippen LogP contribution >= 0.6 is 0 Å². The van der Waals surface area contributed by atoms with E-state index >= 15 is 0 Å². The number of anilines is 2. The SMILES string of the molecule is Cc1n[nH]c(C)c1NC(=O)Nc1ccc2cnn(C(C)C)c2c1. The number of aryl methyl sites for hydroxylation is 2. The largest absolute Gasteiger partial charge is 0.323 e. The average Bonchev–Trinajstić information content (AvgIpc) is 3.05. The lowest BCUT2D eigenvalue weighted by atomic mass is 10.2. The maximum Gasteiger partial charge on any atom is 0.323 e. The van der Waals surface area contributed by atoms with E-state index in [9.17, 15) is 4.79 Å². The number of H-pyrrole nitrogens is 1. The van der Waals surface area contributed by atoms with E-state index in [1.165, 1.54) is 0 Å². The van der Waals surface area contributed by atoms with E-state index in [0.29, 0.717) is 5.69 Å². The number of hydrogen-bond donors (Lipinski definition) is 3. The van der Waals surface area contributed by atoms with Crippen molar-refractivity contribution in [3.05, 3.63) is 35.8 Å². The minimum atomic E-state index is -0.299. The van der Waals surface area contributed by atoms with Crippen molar-refractivity contribution in [1.29, 1.82) is 0 Å². The summed E-state index contributed by atoms with van der Waals surface area (Å²) in [6.45, 7) is 7.85. The summed E-state index contributed by atoms with van der Waals surface area (Å²) in [5, 5.41) is 18.0. The Bertz CT molecular complexity index is 841. The summed E-state index contributed by atoms with van der Waals surface area (Å²) in [5.74, 6) is 0. The number of nitrogens with zero attached hydrogens (tertiary/aromatic N) is 3. The maximum atomic E-state index is 12.2. The first-order chi connectivity index (χ1) is 11.0. The number of benzene rings is 1. The molecular weight excluding hydrogens is 292 g/mol. The highest BCUT2D eigenvalue weighted by atomic mass is 16.2. The summed E-state index contributed by atoms with van der Waals surface area (Å²) < 4.78 is 1.93. The van der Waals surface area contributed by atoms with Gasteiger partial charge < -0.3 is 10.6 Å². The summed E-state index contributed by atoms with van der Waals surface area (Å²) in [7, 11) is 0. The normalized spacial score (nSPS) is 11.2. The molecule has 3 rings (SSSR count). The Labute approximate surface area is 134 Å². The van der Waals surface area contributed by atoms with Gasteiger partial charge in [-0.25, -0.2) is 4.79 Å². The summed E-state index contributed by atoms with van der Waals surface area (Å²) in [6, 6.07) is 5.70. The zero-order valence-corrected chi connectivity index (χ0v) is 13.6. The standard InChI is InChI=1S/C16H20N6O/c1-9(2)22-14-7-13(6-5-12(14)8-17-22)18-16(23)19-15-10(3)20-21-11(15)4/h5-9H,1-4H3,(H,20,21)(H2,18,19,23). The minimum Gasteiger partial charge on any atom is -0.308 e. The van der Waals surface area contributed by atoms with Gasteiger partial charge in [0.15, 0.2) is 0 Å². The van der Waals surface area contributed by atoms with Gasteiger partial charge in [0, 0.05) is 17.1 Å². The van der Waals surface area contributed by atoms with Crippen molar-refractivity contribution in [1.82, 2.24) is 20.0 Å². The highest BCUT2D eigenvalue weighted by molar-refractivity contribution is 6.01. The Balaban J connectivity index is 1.81. The Morgan fingerprint density at radius 3 is 2.70 bits per heavy atom. The van der Waals surface area contributed by atoms with Crippen LogP contribution in [0.4, 0.5) is 16.2 Å². The van der Waals surface area contributed by atoms with Crippen molar-refractivity contribution in [3.8, 4) is 0 Å². The van der Waals surface area contributed by atoms with Gasteiger partial charge >= 0.3 is 6.03 Å². The minimum absolute atomic E-state index is 0.257.